The number of rotatable bonds is 9. The Morgan fingerprint density at radius 1 is 1.32 bits per heavy atom. The summed E-state index contributed by atoms with van der Waals surface area (Å²) in [6.45, 7) is 5.36. The van der Waals surface area contributed by atoms with Gasteiger partial charge in [0.1, 0.15) is 0 Å². The zero-order chi connectivity index (χ0) is 13.9. The lowest BCUT2D eigenvalue weighted by Gasteiger charge is -2.32. The van der Waals surface area contributed by atoms with Gasteiger partial charge in [-0.25, -0.2) is 0 Å². The Morgan fingerprint density at radius 3 is 2.89 bits per heavy atom. The summed E-state index contributed by atoms with van der Waals surface area (Å²) in [6, 6.07) is 0. The Balaban J connectivity index is 2.08. The molecule has 1 saturated heterocycles. The molecule has 0 aliphatic carbocycles. The maximum absolute atomic E-state index is 11.2. The molecule has 112 valence electrons. The lowest BCUT2D eigenvalue weighted by atomic mass is 10.2. The molecule has 0 bridgehead atoms. The van der Waals surface area contributed by atoms with Gasteiger partial charge in [-0.15, -0.1) is 0 Å². The lowest BCUT2D eigenvalue weighted by molar-refractivity contribution is -0.145. The van der Waals surface area contributed by atoms with Crippen molar-refractivity contribution in [2.24, 2.45) is 0 Å². The average Bonchev–Trinajstić information content (AvgIpc) is 2.43. The summed E-state index contributed by atoms with van der Waals surface area (Å²) >= 11 is 0. The van der Waals surface area contributed by atoms with Gasteiger partial charge < -0.3 is 18.9 Å². The highest BCUT2D eigenvalue weighted by Gasteiger charge is 2.22. The van der Waals surface area contributed by atoms with Crippen molar-refractivity contribution in [2.45, 2.75) is 18.9 Å². The fraction of sp³-hybridized carbons (Fsp3) is 0.923. The van der Waals surface area contributed by atoms with E-state index in [1.54, 1.807) is 7.11 Å². The topological polar surface area (TPSA) is 57.2 Å². The van der Waals surface area contributed by atoms with Gasteiger partial charge in [0.2, 0.25) is 0 Å². The van der Waals surface area contributed by atoms with E-state index in [0.717, 1.165) is 32.7 Å². The molecule has 6 nitrogen and oxygen atoms in total. The molecule has 0 spiro atoms. The number of hydrogen-bond acceptors (Lipinski definition) is 6. The minimum atomic E-state index is -0.213. The maximum atomic E-state index is 11.2. The van der Waals surface area contributed by atoms with Crippen LogP contribution in [0.1, 0.15) is 12.8 Å². The molecule has 0 saturated carbocycles. The van der Waals surface area contributed by atoms with Gasteiger partial charge in [-0.1, -0.05) is 0 Å². The van der Waals surface area contributed by atoms with Crippen molar-refractivity contribution < 1.29 is 23.7 Å². The minimum Gasteiger partial charge on any atom is -0.469 e. The van der Waals surface area contributed by atoms with Crippen molar-refractivity contribution in [3.63, 3.8) is 0 Å². The zero-order valence-corrected chi connectivity index (χ0v) is 11.9. The molecule has 0 radical (unpaired) electrons. The first-order valence-electron chi connectivity index (χ1n) is 6.73. The number of hydrogen-bond donors (Lipinski definition) is 0. The second kappa shape index (κ2) is 10.1. The largest absolute Gasteiger partial charge is 0.469 e. The van der Waals surface area contributed by atoms with Crippen LogP contribution < -0.4 is 0 Å². The lowest BCUT2D eigenvalue weighted by Crippen LogP contribution is -2.43. The van der Waals surface area contributed by atoms with E-state index in [-0.39, 0.29) is 12.1 Å². The number of carbonyl (C=O) groups excluding carboxylic acids is 1. The van der Waals surface area contributed by atoms with Crippen LogP contribution in [0.5, 0.6) is 0 Å². The molecule has 0 amide bonds. The predicted molar refractivity (Wildman–Crippen MR) is 70.1 cm³/mol. The minimum absolute atomic E-state index is 0.0457. The van der Waals surface area contributed by atoms with Crippen LogP contribution in [-0.4, -0.2) is 77.3 Å². The molecule has 1 unspecified atom stereocenters. The Morgan fingerprint density at radius 2 is 2.16 bits per heavy atom. The third-order valence-electron chi connectivity index (χ3n) is 3.04. The van der Waals surface area contributed by atoms with Crippen LogP contribution in [-0.2, 0) is 23.7 Å². The Kier molecular flexibility index (Phi) is 8.73. The van der Waals surface area contributed by atoms with Crippen LogP contribution in [0.25, 0.3) is 0 Å². The maximum Gasteiger partial charge on any atom is 0.308 e. The molecule has 6 heteroatoms. The average molecular weight is 275 g/mol. The van der Waals surface area contributed by atoms with Crippen molar-refractivity contribution in [2.75, 3.05) is 60.3 Å². The molecular formula is C13H25NO5. The van der Waals surface area contributed by atoms with Crippen LogP contribution in [0.4, 0.5) is 0 Å². The number of carbonyl (C=O) groups is 1. The van der Waals surface area contributed by atoms with Crippen LogP contribution in [0.3, 0.4) is 0 Å². The molecule has 1 heterocycles. The molecule has 1 aliphatic rings. The Bertz CT molecular complexity index is 249. The van der Waals surface area contributed by atoms with E-state index in [4.69, 9.17) is 14.2 Å². The van der Waals surface area contributed by atoms with E-state index in [1.165, 1.54) is 7.11 Å². The zero-order valence-electron chi connectivity index (χ0n) is 11.9. The van der Waals surface area contributed by atoms with E-state index in [0.29, 0.717) is 26.2 Å². The van der Waals surface area contributed by atoms with Gasteiger partial charge in [0.15, 0.2) is 0 Å². The van der Waals surface area contributed by atoms with Crippen LogP contribution in [0.2, 0.25) is 0 Å². The highest BCUT2D eigenvalue weighted by molar-refractivity contribution is 5.69. The summed E-state index contributed by atoms with van der Waals surface area (Å²) in [4.78, 5) is 13.5. The highest BCUT2D eigenvalue weighted by atomic mass is 16.5. The SMILES string of the molecule is COCCOCCCN1CCOC(CC(=O)OC)C1. The quantitative estimate of drug-likeness (QED) is 0.446. The molecule has 0 N–H and O–H groups in total. The second-order valence-electron chi connectivity index (χ2n) is 4.53. The van der Waals surface area contributed by atoms with Gasteiger partial charge in [0.25, 0.3) is 0 Å². The van der Waals surface area contributed by atoms with Crippen molar-refractivity contribution >= 4 is 5.97 Å². The number of nitrogens with zero attached hydrogens (tertiary/aromatic N) is 1. The van der Waals surface area contributed by atoms with Gasteiger partial charge in [-0.3, -0.25) is 9.69 Å². The molecular weight excluding hydrogens is 250 g/mol. The fourth-order valence-electron chi connectivity index (χ4n) is 2.01. The van der Waals surface area contributed by atoms with Gasteiger partial charge in [0, 0.05) is 33.4 Å². The van der Waals surface area contributed by atoms with Crippen LogP contribution in [0.15, 0.2) is 0 Å². The summed E-state index contributed by atoms with van der Waals surface area (Å²) in [7, 11) is 3.07. The monoisotopic (exact) mass is 275 g/mol. The third kappa shape index (κ3) is 7.47. The number of esters is 1. The number of methoxy groups -OCH3 is 2. The van der Waals surface area contributed by atoms with Crippen molar-refractivity contribution in [1.29, 1.82) is 0 Å². The predicted octanol–water partition coefficient (Wildman–Crippen LogP) is 0.303. The van der Waals surface area contributed by atoms with Gasteiger partial charge >= 0.3 is 5.97 Å². The second-order valence-corrected chi connectivity index (χ2v) is 4.53. The van der Waals surface area contributed by atoms with E-state index in [2.05, 4.69) is 9.64 Å². The first kappa shape index (κ1) is 16.4. The highest BCUT2D eigenvalue weighted by Crippen LogP contribution is 2.09. The van der Waals surface area contributed by atoms with Crippen LogP contribution in [0, 0.1) is 0 Å². The van der Waals surface area contributed by atoms with E-state index in [1.807, 2.05) is 0 Å². The molecule has 1 fully saturated rings. The van der Waals surface area contributed by atoms with E-state index < -0.39 is 0 Å². The molecule has 1 rings (SSSR count). The molecule has 0 aromatic carbocycles. The third-order valence-corrected chi connectivity index (χ3v) is 3.04. The Hall–Kier alpha value is -0.690. The first-order valence-corrected chi connectivity index (χ1v) is 6.73. The van der Waals surface area contributed by atoms with E-state index >= 15 is 0 Å². The summed E-state index contributed by atoms with van der Waals surface area (Å²) in [5.41, 5.74) is 0. The van der Waals surface area contributed by atoms with Gasteiger partial charge in [-0.05, 0) is 6.42 Å². The van der Waals surface area contributed by atoms with Crippen LogP contribution >= 0.6 is 0 Å². The summed E-state index contributed by atoms with van der Waals surface area (Å²) < 4.78 is 20.5. The molecule has 19 heavy (non-hydrogen) atoms. The van der Waals surface area contributed by atoms with Gasteiger partial charge in [-0.2, -0.15) is 0 Å². The summed E-state index contributed by atoms with van der Waals surface area (Å²) in [5.74, 6) is -0.213. The molecule has 0 aromatic heterocycles. The van der Waals surface area contributed by atoms with Crippen molar-refractivity contribution in [1.82, 2.24) is 4.90 Å². The standard InChI is InChI=1S/C13H25NO5/c1-16-8-9-18-6-3-4-14-5-7-19-12(11-14)10-13(15)17-2/h12H,3-11H2,1-2H3. The summed E-state index contributed by atoms with van der Waals surface area (Å²) in [6.07, 6.45) is 1.27. The summed E-state index contributed by atoms with van der Waals surface area (Å²) in [5, 5.41) is 0. The smallest absolute Gasteiger partial charge is 0.308 e. The first-order chi connectivity index (χ1) is 9.26. The molecule has 1 aliphatic heterocycles. The molecule has 0 aromatic rings. The fourth-order valence-corrected chi connectivity index (χ4v) is 2.01. The van der Waals surface area contributed by atoms with Crippen molar-refractivity contribution in [3.8, 4) is 0 Å². The normalized spacial score (nSPS) is 20.4. The van der Waals surface area contributed by atoms with Crippen molar-refractivity contribution in [3.05, 3.63) is 0 Å². The van der Waals surface area contributed by atoms with E-state index in [9.17, 15) is 4.79 Å². The molecule has 1 atom stereocenters. The number of morpholine rings is 1. The van der Waals surface area contributed by atoms with Gasteiger partial charge in [0.05, 0.1) is 39.5 Å². The number of ether oxygens (including phenoxy) is 4. The Labute approximate surface area is 114 Å².